The number of amides is 2. The van der Waals surface area contributed by atoms with Gasteiger partial charge >= 0.3 is 0 Å². The smallest absolute Gasteiger partial charge is 0.234 e. The number of rotatable bonds is 3. The number of carbonyl (C=O) groups excluding carboxylic acids is 2. The summed E-state index contributed by atoms with van der Waals surface area (Å²) >= 11 is 0. The van der Waals surface area contributed by atoms with E-state index in [4.69, 9.17) is 4.74 Å². The lowest BCUT2D eigenvalue weighted by Gasteiger charge is -2.45. The Kier molecular flexibility index (Phi) is 3.66. The van der Waals surface area contributed by atoms with E-state index in [-0.39, 0.29) is 42.0 Å². The number of hydrogen-bond donors (Lipinski definition) is 0. The van der Waals surface area contributed by atoms with E-state index in [1.807, 2.05) is 48.5 Å². The van der Waals surface area contributed by atoms with Crippen molar-refractivity contribution < 1.29 is 14.3 Å². The Hall–Kier alpha value is -3.40. The van der Waals surface area contributed by atoms with Gasteiger partial charge in [0.25, 0.3) is 0 Å². The van der Waals surface area contributed by atoms with Crippen LogP contribution in [0, 0.1) is 11.8 Å². The molecule has 30 heavy (non-hydrogen) atoms. The van der Waals surface area contributed by atoms with Gasteiger partial charge in [-0.25, -0.2) is 0 Å². The zero-order valence-corrected chi connectivity index (χ0v) is 16.6. The van der Waals surface area contributed by atoms with Crippen LogP contribution in [0.1, 0.15) is 39.7 Å². The molecule has 3 aliphatic carbocycles. The molecule has 2 atom stereocenters. The monoisotopic (exact) mass is 395 g/mol. The lowest BCUT2D eigenvalue weighted by molar-refractivity contribution is -0.140. The van der Waals surface area contributed by atoms with E-state index in [2.05, 4.69) is 24.3 Å². The van der Waals surface area contributed by atoms with Gasteiger partial charge in [0.05, 0.1) is 25.5 Å². The number of carbonyl (C=O) groups is 2. The van der Waals surface area contributed by atoms with Crippen molar-refractivity contribution in [3.63, 3.8) is 0 Å². The first-order chi connectivity index (χ1) is 14.7. The number of hydrogen-bond acceptors (Lipinski definition) is 3. The predicted octanol–water partition coefficient (Wildman–Crippen LogP) is 4.09. The lowest BCUT2D eigenvalue weighted by atomic mass is 9.55. The van der Waals surface area contributed by atoms with Crippen LogP contribution in [-0.2, 0) is 16.1 Å². The fourth-order valence-electron chi connectivity index (χ4n) is 5.90. The third-order valence-electron chi connectivity index (χ3n) is 7.06. The van der Waals surface area contributed by atoms with Gasteiger partial charge in [-0.05, 0) is 28.3 Å². The molecule has 0 saturated carbocycles. The molecule has 0 unspecified atom stereocenters. The Labute approximate surface area is 175 Å². The highest BCUT2D eigenvalue weighted by Crippen LogP contribution is 2.61. The maximum atomic E-state index is 13.6. The molecule has 0 aromatic heterocycles. The highest BCUT2D eigenvalue weighted by Gasteiger charge is 2.61. The first-order valence-corrected chi connectivity index (χ1v) is 10.4. The summed E-state index contributed by atoms with van der Waals surface area (Å²) in [6, 6.07) is 24.2. The summed E-state index contributed by atoms with van der Waals surface area (Å²) in [7, 11) is 1.61. The predicted molar refractivity (Wildman–Crippen MR) is 112 cm³/mol. The Balaban J connectivity index is 1.48. The van der Waals surface area contributed by atoms with Gasteiger partial charge in [0.2, 0.25) is 11.8 Å². The second-order valence-corrected chi connectivity index (χ2v) is 8.34. The fraction of sp³-hybridized carbons (Fsp3) is 0.231. The van der Waals surface area contributed by atoms with E-state index in [1.54, 1.807) is 7.11 Å². The summed E-state index contributed by atoms with van der Waals surface area (Å²) in [5.74, 6) is -0.214. The van der Waals surface area contributed by atoms with Crippen LogP contribution in [0.25, 0.3) is 0 Å². The van der Waals surface area contributed by atoms with Gasteiger partial charge in [-0.15, -0.1) is 0 Å². The van der Waals surface area contributed by atoms with Gasteiger partial charge in [0, 0.05) is 17.4 Å². The first kappa shape index (κ1) is 17.5. The molecule has 0 radical (unpaired) electrons. The van der Waals surface area contributed by atoms with Gasteiger partial charge in [0.15, 0.2) is 0 Å². The minimum Gasteiger partial charge on any atom is -0.496 e. The quantitative estimate of drug-likeness (QED) is 0.628. The highest BCUT2D eigenvalue weighted by molar-refractivity contribution is 6.07. The number of likely N-dealkylation sites (tertiary alicyclic amines) is 1. The third-order valence-corrected chi connectivity index (χ3v) is 7.06. The molecule has 4 nitrogen and oxygen atoms in total. The molecule has 148 valence electrons. The van der Waals surface area contributed by atoms with Crippen LogP contribution in [0.4, 0.5) is 0 Å². The summed E-state index contributed by atoms with van der Waals surface area (Å²) in [6.07, 6.45) is 0. The van der Waals surface area contributed by atoms with E-state index in [1.165, 1.54) is 27.2 Å². The Morgan fingerprint density at radius 2 is 1.13 bits per heavy atom. The number of ether oxygens (including phenoxy) is 1. The zero-order chi connectivity index (χ0) is 20.4. The molecule has 4 aliphatic rings. The fourth-order valence-corrected chi connectivity index (χ4v) is 5.90. The number of methoxy groups -OCH3 is 1. The third kappa shape index (κ3) is 2.16. The van der Waals surface area contributed by atoms with Crippen LogP contribution >= 0.6 is 0 Å². The lowest BCUT2D eigenvalue weighted by Crippen LogP contribution is -2.41. The molecule has 1 fully saturated rings. The summed E-state index contributed by atoms with van der Waals surface area (Å²) < 4.78 is 5.45. The molecule has 0 N–H and O–H groups in total. The average Bonchev–Trinajstić information content (AvgIpc) is 3.05. The van der Waals surface area contributed by atoms with Crippen molar-refractivity contribution in [2.75, 3.05) is 7.11 Å². The van der Waals surface area contributed by atoms with E-state index >= 15 is 0 Å². The molecule has 3 aromatic rings. The van der Waals surface area contributed by atoms with Crippen LogP contribution < -0.4 is 4.74 Å². The molecule has 1 saturated heterocycles. The van der Waals surface area contributed by atoms with Gasteiger partial charge in [0.1, 0.15) is 5.75 Å². The minimum atomic E-state index is -0.331. The van der Waals surface area contributed by atoms with Crippen molar-refractivity contribution in [1.29, 1.82) is 0 Å². The summed E-state index contributed by atoms with van der Waals surface area (Å²) in [6.45, 7) is 0.251. The minimum absolute atomic E-state index is 0.0603. The van der Waals surface area contributed by atoms with Crippen molar-refractivity contribution in [1.82, 2.24) is 4.90 Å². The second kappa shape index (κ2) is 6.30. The Morgan fingerprint density at radius 3 is 1.60 bits per heavy atom. The van der Waals surface area contributed by atoms with E-state index in [9.17, 15) is 9.59 Å². The molecule has 1 heterocycles. The number of nitrogens with zero attached hydrogens (tertiary/aromatic N) is 1. The van der Waals surface area contributed by atoms with Gasteiger partial charge in [-0.3, -0.25) is 14.5 Å². The normalized spacial score (nSPS) is 25.7. The number of para-hydroxylation sites is 1. The van der Waals surface area contributed by atoms with Crippen LogP contribution in [0.3, 0.4) is 0 Å². The molecule has 1 aliphatic heterocycles. The van der Waals surface area contributed by atoms with Gasteiger partial charge in [-0.2, -0.15) is 0 Å². The summed E-state index contributed by atoms with van der Waals surface area (Å²) in [5.41, 5.74) is 5.64. The van der Waals surface area contributed by atoms with E-state index < -0.39 is 0 Å². The van der Waals surface area contributed by atoms with Crippen molar-refractivity contribution in [2.24, 2.45) is 11.8 Å². The van der Waals surface area contributed by atoms with Crippen LogP contribution in [-0.4, -0.2) is 23.8 Å². The molecule has 7 rings (SSSR count). The molecule has 2 amide bonds. The maximum Gasteiger partial charge on any atom is 0.234 e. The van der Waals surface area contributed by atoms with Crippen molar-refractivity contribution in [2.45, 2.75) is 18.4 Å². The van der Waals surface area contributed by atoms with Crippen molar-refractivity contribution in [3.8, 4) is 5.75 Å². The van der Waals surface area contributed by atoms with Crippen molar-refractivity contribution >= 4 is 11.8 Å². The molecular weight excluding hydrogens is 374 g/mol. The standard InChI is InChI=1S/C26H21NO3/c1-30-20-13-7-2-8-15(20)14-27-25(28)23-21-16-9-3-4-10-17(16)22(24(23)26(27)29)19-12-6-5-11-18(19)21/h2-13,21-24H,14H2,1H3/t21?,22?,23-,24-/m1/s1. The van der Waals surface area contributed by atoms with Crippen LogP contribution in [0.15, 0.2) is 72.8 Å². The summed E-state index contributed by atoms with van der Waals surface area (Å²) in [4.78, 5) is 28.7. The summed E-state index contributed by atoms with van der Waals surface area (Å²) in [5, 5.41) is 0. The average molecular weight is 395 g/mol. The SMILES string of the molecule is COc1ccccc1CN1C(=O)[C@@H]2C3c4ccccc4C(c4ccccc43)[C@H]2C1=O. The highest BCUT2D eigenvalue weighted by atomic mass is 16.5. The zero-order valence-electron chi connectivity index (χ0n) is 16.6. The number of imide groups is 1. The molecule has 0 spiro atoms. The van der Waals surface area contributed by atoms with Gasteiger partial charge < -0.3 is 4.74 Å². The molecule has 4 heteroatoms. The second-order valence-electron chi connectivity index (χ2n) is 8.34. The van der Waals surface area contributed by atoms with Gasteiger partial charge in [-0.1, -0.05) is 66.7 Å². The maximum absolute atomic E-state index is 13.6. The van der Waals surface area contributed by atoms with E-state index in [0.717, 1.165) is 5.56 Å². The van der Waals surface area contributed by atoms with Crippen LogP contribution in [0.2, 0.25) is 0 Å². The Bertz CT molecular complexity index is 1080. The van der Waals surface area contributed by atoms with E-state index in [0.29, 0.717) is 5.75 Å². The van der Waals surface area contributed by atoms with Crippen LogP contribution in [0.5, 0.6) is 5.75 Å². The number of benzene rings is 3. The van der Waals surface area contributed by atoms with Crippen molar-refractivity contribution in [3.05, 3.63) is 101 Å². The topological polar surface area (TPSA) is 46.6 Å². The molecular formula is C26H21NO3. The largest absolute Gasteiger partial charge is 0.496 e. The molecule has 3 aromatic carbocycles. The first-order valence-electron chi connectivity index (χ1n) is 10.4. The molecule has 2 bridgehead atoms. The Morgan fingerprint density at radius 1 is 0.700 bits per heavy atom.